The molecule has 0 fully saturated rings. The largest absolute Gasteiger partial charge is 0.870 e. The highest BCUT2D eigenvalue weighted by Crippen LogP contribution is 2.32. The first kappa shape index (κ1) is 7.44. The molecule has 0 spiro atoms. The van der Waals surface area contributed by atoms with Crippen molar-refractivity contribution in [3.63, 3.8) is 0 Å². The lowest BCUT2D eigenvalue weighted by molar-refractivity contribution is -0.266. The van der Waals surface area contributed by atoms with Crippen LogP contribution >= 0.6 is 0 Å². The summed E-state index contributed by atoms with van der Waals surface area (Å²) in [5, 5.41) is 13.4. The lowest BCUT2D eigenvalue weighted by atomic mass is 10.1. The molecule has 1 aromatic heterocycles. The molecule has 2 aromatic carbocycles. The second-order valence-electron chi connectivity index (χ2n) is 3.23. The Kier molecular flexibility index (Phi) is 1.34. The smallest absolute Gasteiger partial charge is 0.135 e. The normalized spacial score (nSPS) is 11.1. The molecule has 2 nitrogen and oxygen atoms in total. The fourth-order valence-electron chi connectivity index (χ4n) is 1.72. The number of fused-ring (bicyclic) bond motifs is 3. The summed E-state index contributed by atoms with van der Waals surface area (Å²) in [5.41, 5.74) is 1.22. The van der Waals surface area contributed by atoms with Gasteiger partial charge in [0.1, 0.15) is 11.2 Å². The summed E-state index contributed by atoms with van der Waals surface area (Å²) in [6.07, 6.45) is 0. The van der Waals surface area contributed by atoms with Crippen LogP contribution in [0.1, 0.15) is 0 Å². The predicted octanol–water partition coefficient (Wildman–Crippen LogP) is 2.66. The first-order valence-electron chi connectivity index (χ1n) is 4.43. The molecule has 3 rings (SSSR count). The van der Waals surface area contributed by atoms with Crippen molar-refractivity contribution >= 4 is 21.9 Å². The van der Waals surface area contributed by atoms with E-state index in [0.29, 0.717) is 5.58 Å². The molecule has 3 aromatic rings. The topological polar surface area (TPSA) is 36.2 Å². The van der Waals surface area contributed by atoms with Crippen molar-refractivity contribution in [2.75, 3.05) is 0 Å². The Morgan fingerprint density at radius 3 is 2.57 bits per heavy atom. The van der Waals surface area contributed by atoms with Gasteiger partial charge >= 0.3 is 0 Å². The number of para-hydroxylation sites is 2. The summed E-state index contributed by atoms with van der Waals surface area (Å²) in [7, 11) is 0. The molecule has 0 saturated heterocycles. The van der Waals surface area contributed by atoms with Crippen LogP contribution in [0.4, 0.5) is 0 Å². The van der Waals surface area contributed by atoms with Crippen molar-refractivity contribution in [2.45, 2.75) is 0 Å². The minimum absolute atomic E-state index is 0.0568. The second kappa shape index (κ2) is 2.51. The van der Waals surface area contributed by atoms with E-state index in [4.69, 9.17) is 4.42 Å². The Labute approximate surface area is 80.4 Å². The van der Waals surface area contributed by atoms with Gasteiger partial charge in [-0.15, -0.1) is 0 Å². The van der Waals surface area contributed by atoms with Gasteiger partial charge in [0.2, 0.25) is 0 Å². The van der Waals surface area contributed by atoms with Crippen molar-refractivity contribution in [1.82, 2.24) is 0 Å². The molecule has 1 heterocycles. The third-order valence-electron chi connectivity index (χ3n) is 2.37. The van der Waals surface area contributed by atoms with E-state index in [1.807, 2.05) is 30.3 Å². The quantitative estimate of drug-likeness (QED) is 0.537. The van der Waals surface area contributed by atoms with E-state index in [0.717, 1.165) is 16.4 Å². The van der Waals surface area contributed by atoms with Gasteiger partial charge in [0.05, 0.1) is 0 Å². The van der Waals surface area contributed by atoms with E-state index in [1.54, 1.807) is 6.07 Å². The summed E-state index contributed by atoms with van der Waals surface area (Å²) in [6, 6.07) is 12.8. The minimum Gasteiger partial charge on any atom is -0.870 e. The van der Waals surface area contributed by atoms with E-state index in [9.17, 15) is 5.11 Å². The Morgan fingerprint density at radius 1 is 0.857 bits per heavy atom. The van der Waals surface area contributed by atoms with Crippen LogP contribution in [0.25, 0.3) is 21.9 Å². The molecule has 2 heteroatoms. The lowest BCUT2D eigenvalue weighted by Gasteiger charge is -2.02. The van der Waals surface area contributed by atoms with Crippen LogP contribution in [0, 0.1) is 0 Å². The van der Waals surface area contributed by atoms with Crippen molar-refractivity contribution in [3.8, 4) is 5.75 Å². The maximum atomic E-state index is 11.5. The van der Waals surface area contributed by atoms with E-state index >= 15 is 0 Å². The SMILES string of the molecule is [O-]c1cccc2c1oc1ccccc12. The highest BCUT2D eigenvalue weighted by molar-refractivity contribution is 6.06. The van der Waals surface area contributed by atoms with Crippen molar-refractivity contribution in [3.05, 3.63) is 42.5 Å². The van der Waals surface area contributed by atoms with Crippen LogP contribution in [0.2, 0.25) is 0 Å². The van der Waals surface area contributed by atoms with Gasteiger partial charge in [-0.25, -0.2) is 0 Å². The third kappa shape index (κ3) is 0.852. The van der Waals surface area contributed by atoms with Gasteiger partial charge in [0.25, 0.3) is 0 Å². The summed E-state index contributed by atoms with van der Waals surface area (Å²) >= 11 is 0. The zero-order valence-corrected chi connectivity index (χ0v) is 7.36. The van der Waals surface area contributed by atoms with Crippen LogP contribution in [-0.2, 0) is 0 Å². The number of hydrogen-bond donors (Lipinski definition) is 0. The van der Waals surface area contributed by atoms with Gasteiger partial charge in [-0.2, -0.15) is 0 Å². The van der Waals surface area contributed by atoms with Gasteiger partial charge in [-0.1, -0.05) is 42.1 Å². The van der Waals surface area contributed by atoms with Crippen LogP contribution in [-0.4, -0.2) is 0 Å². The number of furan rings is 1. The van der Waals surface area contributed by atoms with Crippen LogP contribution in [0.15, 0.2) is 46.9 Å². The molecule has 0 atom stereocenters. The van der Waals surface area contributed by atoms with E-state index in [2.05, 4.69) is 0 Å². The fraction of sp³-hybridized carbons (Fsp3) is 0. The maximum Gasteiger partial charge on any atom is 0.135 e. The zero-order valence-electron chi connectivity index (χ0n) is 7.36. The molecular formula is C12H7O2-. The Balaban J connectivity index is 2.63. The first-order chi connectivity index (χ1) is 6.86. The van der Waals surface area contributed by atoms with Gasteiger partial charge in [0.15, 0.2) is 0 Å². The monoisotopic (exact) mass is 183 g/mol. The molecule has 0 N–H and O–H groups in total. The predicted molar refractivity (Wildman–Crippen MR) is 53.2 cm³/mol. The molecular weight excluding hydrogens is 176 g/mol. The molecule has 0 bridgehead atoms. The molecule has 14 heavy (non-hydrogen) atoms. The lowest BCUT2D eigenvalue weighted by Crippen LogP contribution is -1.87. The van der Waals surface area contributed by atoms with Gasteiger partial charge < -0.3 is 9.52 Å². The Morgan fingerprint density at radius 2 is 1.64 bits per heavy atom. The molecule has 68 valence electrons. The van der Waals surface area contributed by atoms with Crippen molar-refractivity contribution < 1.29 is 9.52 Å². The molecule has 0 amide bonds. The standard InChI is InChI=1S/C12H8O2/c13-10-6-3-5-9-8-4-1-2-7-11(8)14-12(9)10/h1-7,13H/p-1. The van der Waals surface area contributed by atoms with Crippen molar-refractivity contribution in [1.29, 1.82) is 0 Å². The second-order valence-corrected chi connectivity index (χ2v) is 3.23. The van der Waals surface area contributed by atoms with E-state index < -0.39 is 0 Å². The van der Waals surface area contributed by atoms with Gasteiger partial charge in [0, 0.05) is 10.8 Å². The fourth-order valence-corrected chi connectivity index (χ4v) is 1.72. The van der Waals surface area contributed by atoms with Gasteiger partial charge in [-0.3, -0.25) is 0 Å². The molecule has 0 aliphatic carbocycles. The first-order valence-corrected chi connectivity index (χ1v) is 4.43. The average Bonchev–Trinajstić information content (AvgIpc) is 2.59. The number of hydrogen-bond acceptors (Lipinski definition) is 2. The highest BCUT2D eigenvalue weighted by atomic mass is 16.4. The highest BCUT2D eigenvalue weighted by Gasteiger charge is 2.04. The number of rotatable bonds is 0. The summed E-state index contributed by atoms with van der Waals surface area (Å²) < 4.78 is 5.47. The summed E-state index contributed by atoms with van der Waals surface area (Å²) in [4.78, 5) is 0. The Bertz CT molecular complexity index is 608. The molecule has 0 unspecified atom stereocenters. The maximum absolute atomic E-state index is 11.5. The summed E-state index contributed by atoms with van der Waals surface area (Å²) in [6.45, 7) is 0. The molecule has 0 aliphatic heterocycles. The minimum atomic E-state index is -0.0568. The van der Waals surface area contributed by atoms with E-state index in [1.165, 1.54) is 6.07 Å². The van der Waals surface area contributed by atoms with Crippen LogP contribution in [0.3, 0.4) is 0 Å². The molecule has 0 radical (unpaired) electrons. The zero-order chi connectivity index (χ0) is 9.54. The number of benzene rings is 2. The summed E-state index contributed by atoms with van der Waals surface area (Å²) in [5.74, 6) is -0.0568. The van der Waals surface area contributed by atoms with Crippen LogP contribution < -0.4 is 5.11 Å². The average molecular weight is 183 g/mol. The van der Waals surface area contributed by atoms with Crippen LogP contribution in [0.5, 0.6) is 5.75 Å². The van der Waals surface area contributed by atoms with E-state index in [-0.39, 0.29) is 5.75 Å². The van der Waals surface area contributed by atoms with Crippen molar-refractivity contribution in [2.24, 2.45) is 0 Å². The van der Waals surface area contributed by atoms with Gasteiger partial charge in [-0.05, 0) is 6.07 Å². The molecule has 0 aliphatic rings. The third-order valence-corrected chi connectivity index (χ3v) is 2.37. The molecule has 0 saturated carbocycles. The Hall–Kier alpha value is -1.96.